The van der Waals surface area contributed by atoms with Crippen LogP contribution in [0, 0.1) is 17.2 Å². The van der Waals surface area contributed by atoms with Gasteiger partial charge in [-0.1, -0.05) is 37.0 Å². The molecule has 2 aromatic heterocycles. The van der Waals surface area contributed by atoms with E-state index in [9.17, 15) is 9.18 Å². The molecule has 0 radical (unpaired) electrons. The summed E-state index contributed by atoms with van der Waals surface area (Å²) < 4.78 is 22.3. The molecule has 0 spiro atoms. The van der Waals surface area contributed by atoms with E-state index in [0.29, 0.717) is 67.9 Å². The standard InChI is InChI=1S/C25H30Cl2FN7O2/c1-13-12-37-8-5-18(13)31-23-30-11-19-21(34-23)35(15-3-6-25(2,7-4-15)22(29)36)24(32-19)33-20-16(27)9-14(26)10-17(20)28/h9-11,13,15,18H,3-8,12H2,1-2H3,(H2,29,36)(H,32,33)(H,30,31,34)/t13-,15-,18-,25-/m1/s1. The molecule has 37 heavy (non-hydrogen) atoms. The van der Waals surface area contributed by atoms with E-state index in [0.717, 1.165) is 6.42 Å². The van der Waals surface area contributed by atoms with E-state index in [1.165, 1.54) is 12.1 Å². The number of nitrogens with zero attached hydrogens (tertiary/aromatic N) is 4. The van der Waals surface area contributed by atoms with Gasteiger partial charge in [-0.25, -0.2) is 14.4 Å². The van der Waals surface area contributed by atoms with Crippen LogP contribution in [0.3, 0.4) is 0 Å². The lowest BCUT2D eigenvalue weighted by atomic mass is 9.73. The summed E-state index contributed by atoms with van der Waals surface area (Å²) in [6, 6.07) is 2.81. The van der Waals surface area contributed by atoms with Gasteiger partial charge in [-0.2, -0.15) is 4.98 Å². The van der Waals surface area contributed by atoms with Crippen molar-refractivity contribution in [2.75, 3.05) is 23.8 Å². The van der Waals surface area contributed by atoms with Crippen molar-refractivity contribution in [3.05, 3.63) is 34.2 Å². The number of carbonyl (C=O) groups is 1. The lowest BCUT2D eigenvalue weighted by Gasteiger charge is -2.35. The van der Waals surface area contributed by atoms with E-state index >= 15 is 0 Å². The average Bonchev–Trinajstić information content (AvgIpc) is 3.20. The molecule has 1 amide bonds. The Balaban J connectivity index is 1.54. The molecule has 198 valence electrons. The second-order valence-corrected chi connectivity index (χ2v) is 11.2. The van der Waals surface area contributed by atoms with E-state index in [1.54, 1.807) is 6.20 Å². The molecule has 0 unspecified atom stereocenters. The number of rotatable bonds is 6. The Labute approximate surface area is 224 Å². The Hall–Kier alpha value is -2.69. The van der Waals surface area contributed by atoms with Crippen LogP contribution in [0.15, 0.2) is 18.3 Å². The molecule has 9 nitrogen and oxygen atoms in total. The van der Waals surface area contributed by atoms with Gasteiger partial charge in [0.25, 0.3) is 0 Å². The number of fused-ring (bicyclic) bond motifs is 1. The SMILES string of the molecule is C[C@@H]1COCC[C@H]1Nc1ncc2nc(Nc3c(F)cc(Cl)cc3Cl)n([C@H]3CC[C@](C)(C(N)=O)CC3)c2n1. The molecule has 2 fully saturated rings. The van der Waals surface area contributed by atoms with Gasteiger partial charge in [-0.15, -0.1) is 0 Å². The van der Waals surface area contributed by atoms with Crippen molar-refractivity contribution in [1.29, 1.82) is 0 Å². The molecule has 12 heteroatoms. The number of benzene rings is 1. The molecule has 2 atom stereocenters. The first-order chi connectivity index (χ1) is 17.6. The third kappa shape index (κ3) is 5.19. The first-order valence-corrected chi connectivity index (χ1v) is 13.2. The van der Waals surface area contributed by atoms with Gasteiger partial charge in [0.1, 0.15) is 11.3 Å². The minimum Gasteiger partial charge on any atom is -0.381 e. The third-order valence-electron chi connectivity index (χ3n) is 7.65. The van der Waals surface area contributed by atoms with Gasteiger partial charge < -0.3 is 21.1 Å². The van der Waals surface area contributed by atoms with Gasteiger partial charge >= 0.3 is 0 Å². The van der Waals surface area contributed by atoms with Crippen LogP contribution in [0.2, 0.25) is 10.0 Å². The molecule has 4 N–H and O–H groups in total. The first-order valence-electron chi connectivity index (χ1n) is 12.5. The Morgan fingerprint density at radius 1 is 1.24 bits per heavy atom. The van der Waals surface area contributed by atoms with E-state index < -0.39 is 11.2 Å². The molecule has 1 saturated heterocycles. The van der Waals surface area contributed by atoms with Gasteiger partial charge in [-0.05, 0) is 50.2 Å². The largest absolute Gasteiger partial charge is 0.381 e. The number of anilines is 3. The smallest absolute Gasteiger partial charge is 0.224 e. The lowest BCUT2D eigenvalue weighted by molar-refractivity contribution is -0.128. The number of hydrogen-bond acceptors (Lipinski definition) is 7. The normalized spacial score (nSPS) is 26.2. The fraction of sp³-hybridized carbons (Fsp3) is 0.520. The number of nitrogens with one attached hydrogen (secondary N) is 2. The predicted molar refractivity (Wildman–Crippen MR) is 142 cm³/mol. The highest BCUT2D eigenvalue weighted by Gasteiger charge is 2.38. The van der Waals surface area contributed by atoms with Crippen molar-refractivity contribution >= 4 is 57.9 Å². The molecule has 0 bridgehead atoms. The quantitative estimate of drug-likeness (QED) is 0.373. The van der Waals surface area contributed by atoms with Gasteiger partial charge in [-0.3, -0.25) is 9.36 Å². The van der Waals surface area contributed by atoms with E-state index in [2.05, 4.69) is 22.5 Å². The van der Waals surface area contributed by atoms with Crippen LogP contribution in [-0.4, -0.2) is 44.7 Å². The Morgan fingerprint density at radius 3 is 2.68 bits per heavy atom. The van der Waals surface area contributed by atoms with Crippen LogP contribution >= 0.6 is 23.2 Å². The van der Waals surface area contributed by atoms with E-state index in [1.807, 2.05) is 11.5 Å². The minimum absolute atomic E-state index is 0.0428. The van der Waals surface area contributed by atoms with Crippen LogP contribution in [0.5, 0.6) is 0 Å². The van der Waals surface area contributed by atoms with Gasteiger partial charge in [0.15, 0.2) is 5.65 Å². The molecular formula is C25H30Cl2FN7O2. The zero-order chi connectivity index (χ0) is 26.3. The maximum absolute atomic E-state index is 14.8. The number of halogens is 3. The van der Waals surface area contributed by atoms with Crippen LogP contribution < -0.4 is 16.4 Å². The first kappa shape index (κ1) is 25.9. The van der Waals surface area contributed by atoms with Crippen molar-refractivity contribution in [3.63, 3.8) is 0 Å². The average molecular weight is 550 g/mol. The van der Waals surface area contributed by atoms with Crippen molar-refractivity contribution in [2.45, 2.75) is 58.0 Å². The molecule has 1 aromatic carbocycles. The summed E-state index contributed by atoms with van der Waals surface area (Å²) in [6.45, 7) is 5.40. The van der Waals surface area contributed by atoms with Crippen molar-refractivity contribution < 1.29 is 13.9 Å². The highest BCUT2D eigenvalue weighted by atomic mass is 35.5. The maximum Gasteiger partial charge on any atom is 0.224 e. The second-order valence-electron chi connectivity index (χ2n) is 10.3. The topological polar surface area (TPSA) is 120 Å². The van der Waals surface area contributed by atoms with Crippen molar-refractivity contribution in [2.24, 2.45) is 17.1 Å². The lowest BCUT2D eigenvalue weighted by Crippen LogP contribution is -2.38. The third-order valence-corrected chi connectivity index (χ3v) is 8.17. The number of primary amides is 1. The van der Waals surface area contributed by atoms with Crippen molar-refractivity contribution in [3.8, 4) is 0 Å². The van der Waals surface area contributed by atoms with Gasteiger partial charge in [0, 0.05) is 29.1 Å². The molecule has 3 heterocycles. The van der Waals surface area contributed by atoms with E-state index in [4.69, 9.17) is 43.6 Å². The fourth-order valence-electron chi connectivity index (χ4n) is 5.17. The number of aromatic nitrogens is 4. The minimum atomic E-state index is -0.594. The monoisotopic (exact) mass is 549 g/mol. The molecule has 1 saturated carbocycles. The van der Waals surface area contributed by atoms with Crippen LogP contribution in [0.25, 0.3) is 11.2 Å². The van der Waals surface area contributed by atoms with Crippen LogP contribution in [0.1, 0.15) is 52.0 Å². The Morgan fingerprint density at radius 2 is 2.00 bits per heavy atom. The summed E-state index contributed by atoms with van der Waals surface area (Å²) in [5.74, 6) is 0.302. The van der Waals surface area contributed by atoms with Gasteiger partial charge in [0.2, 0.25) is 17.8 Å². The maximum atomic E-state index is 14.8. The van der Waals surface area contributed by atoms with E-state index in [-0.39, 0.29) is 33.7 Å². The van der Waals surface area contributed by atoms with Crippen molar-refractivity contribution in [1.82, 2.24) is 19.5 Å². The summed E-state index contributed by atoms with van der Waals surface area (Å²) in [7, 11) is 0. The number of ether oxygens (including phenoxy) is 1. The summed E-state index contributed by atoms with van der Waals surface area (Å²) in [6.07, 6.45) is 5.13. The Bertz CT molecular complexity index is 1300. The molecule has 1 aliphatic carbocycles. The Kier molecular flexibility index (Phi) is 7.17. The summed E-state index contributed by atoms with van der Waals surface area (Å²) in [5, 5.41) is 6.84. The fourth-order valence-corrected chi connectivity index (χ4v) is 5.69. The number of imidazole rings is 1. The molecule has 1 aliphatic heterocycles. The van der Waals surface area contributed by atoms with Crippen LogP contribution in [0.4, 0.5) is 22.0 Å². The summed E-state index contributed by atoms with van der Waals surface area (Å²) in [5.41, 5.74) is 6.35. The number of hydrogen-bond donors (Lipinski definition) is 3. The van der Waals surface area contributed by atoms with Gasteiger partial charge in [0.05, 0.1) is 23.5 Å². The molecular weight excluding hydrogens is 520 g/mol. The summed E-state index contributed by atoms with van der Waals surface area (Å²) in [4.78, 5) is 26.0. The highest BCUT2D eigenvalue weighted by Crippen LogP contribution is 2.43. The zero-order valence-electron chi connectivity index (χ0n) is 20.7. The summed E-state index contributed by atoms with van der Waals surface area (Å²) >= 11 is 12.3. The predicted octanol–water partition coefficient (Wildman–Crippen LogP) is 5.46. The number of nitrogens with two attached hydrogens (primary N) is 1. The second kappa shape index (κ2) is 10.2. The number of carbonyl (C=O) groups excluding carboxylic acids is 1. The molecule has 2 aliphatic rings. The molecule has 3 aromatic rings. The highest BCUT2D eigenvalue weighted by molar-refractivity contribution is 6.36. The van der Waals surface area contributed by atoms with Crippen LogP contribution in [-0.2, 0) is 9.53 Å². The molecule has 5 rings (SSSR count). The number of amides is 1. The zero-order valence-corrected chi connectivity index (χ0v) is 22.2.